The SMILES string of the molecule is COc1cc(/C=C2/SC(=O)N(Cc3ccc(I)cc3)C2=O)ccc1OCC(=O)Nc1cc(C)c(C)cc1Br. The summed E-state index contributed by atoms with van der Waals surface area (Å²) in [6.07, 6.45) is 1.65. The van der Waals surface area contributed by atoms with Crippen molar-refractivity contribution in [1.82, 2.24) is 4.90 Å². The van der Waals surface area contributed by atoms with Gasteiger partial charge in [-0.2, -0.15) is 0 Å². The molecule has 0 saturated carbocycles. The molecule has 1 N–H and O–H groups in total. The first kappa shape index (κ1) is 28.2. The molecule has 10 heteroatoms. The summed E-state index contributed by atoms with van der Waals surface area (Å²) in [6, 6.07) is 16.6. The Balaban J connectivity index is 1.42. The minimum absolute atomic E-state index is 0.216. The number of carbonyl (C=O) groups is 3. The largest absolute Gasteiger partial charge is 0.493 e. The zero-order valence-electron chi connectivity index (χ0n) is 20.8. The molecule has 0 spiro atoms. The lowest BCUT2D eigenvalue weighted by Crippen LogP contribution is -2.27. The van der Waals surface area contributed by atoms with Gasteiger partial charge in [0.05, 0.1) is 24.2 Å². The van der Waals surface area contributed by atoms with Gasteiger partial charge in [-0.3, -0.25) is 19.3 Å². The Labute approximate surface area is 247 Å². The fourth-order valence-corrected chi connectivity index (χ4v) is 5.41. The predicted molar refractivity (Wildman–Crippen MR) is 161 cm³/mol. The van der Waals surface area contributed by atoms with Gasteiger partial charge in [0.1, 0.15) is 0 Å². The first-order valence-corrected chi connectivity index (χ1v) is 14.2. The van der Waals surface area contributed by atoms with E-state index in [1.54, 1.807) is 24.3 Å². The number of hydrogen-bond acceptors (Lipinski definition) is 6. The molecular weight excluding hydrogens is 683 g/mol. The maximum atomic E-state index is 12.9. The van der Waals surface area contributed by atoms with E-state index in [-0.39, 0.29) is 30.2 Å². The van der Waals surface area contributed by atoms with Crippen molar-refractivity contribution in [3.05, 3.63) is 89.8 Å². The van der Waals surface area contributed by atoms with E-state index in [1.807, 2.05) is 50.2 Å². The standard InChI is InChI=1S/C28H24BrIN2O5S/c1-16-10-21(29)22(11-17(16)2)31-26(33)15-37-23-9-6-19(12-24(23)36-3)13-25-27(34)32(28(35)38-25)14-18-4-7-20(30)8-5-18/h4-13H,14-15H2,1-3H3,(H,31,33)/b25-13+. The van der Waals surface area contributed by atoms with Crippen LogP contribution in [0, 0.1) is 17.4 Å². The number of methoxy groups -OCH3 is 1. The Morgan fingerprint density at radius 1 is 1.05 bits per heavy atom. The number of benzene rings is 3. The van der Waals surface area contributed by atoms with Crippen molar-refractivity contribution < 1.29 is 23.9 Å². The van der Waals surface area contributed by atoms with Crippen LogP contribution < -0.4 is 14.8 Å². The van der Waals surface area contributed by atoms with E-state index in [9.17, 15) is 14.4 Å². The zero-order valence-corrected chi connectivity index (χ0v) is 25.4. The number of rotatable bonds is 8. The highest BCUT2D eigenvalue weighted by Crippen LogP contribution is 2.35. The minimum atomic E-state index is -0.341. The molecule has 7 nitrogen and oxygen atoms in total. The third-order valence-electron chi connectivity index (χ3n) is 5.83. The molecule has 0 unspecified atom stereocenters. The fourth-order valence-electron chi connectivity index (χ4n) is 3.66. The van der Waals surface area contributed by atoms with Crippen molar-refractivity contribution in [3.63, 3.8) is 0 Å². The summed E-state index contributed by atoms with van der Waals surface area (Å²) < 4.78 is 13.0. The first-order valence-electron chi connectivity index (χ1n) is 11.5. The first-order chi connectivity index (χ1) is 18.1. The minimum Gasteiger partial charge on any atom is -0.493 e. The number of nitrogens with one attached hydrogen (secondary N) is 1. The van der Waals surface area contributed by atoms with Crippen molar-refractivity contribution in [3.8, 4) is 11.5 Å². The second kappa shape index (κ2) is 12.4. The highest BCUT2D eigenvalue weighted by Gasteiger charge is 2.35. The number of carbonyl (C=O) groups excluding carboxylic acids is 3. The maximum absolute atomic E-state index is 12.9. The van der Waals surface area contributed by atoms with Crippen LogP contribution in [0.1, 0.15) is 22.3 Å². The van der Waals surface area contributed by atoms with E-state index in [2.05, 4.69) is 43.8 Å². The van der Waals surface area contributed by atoms with Gasteiger partial charge in [-0.05, 0) is 129 Å². The molecule has 0 radical (unpaired) electrons. The van der Waals surface area contributed by atoms with Crippen LogP contribution in [0.3, 0.4) is 0 Å². The van der Waals surface area contributed by atoms with Gasteiger partial charge in [-0.25, -0.2) is 0 Å². The van der Waals surface area contributed by atoms with Crippen LogP contribution in [0.2, 0.25) is 0 Å². The fraction of sp³-hybridized carbons (Fsp3) is 0.179. The molecule has 1 saturated heterocycles. The van der Waals surface area contributed by atoms with Gasteiger partial charge < -0.3 is 14.8 Å². The number of anilines is 1. The lowest BCUT2D eigenvalue weighted by atomic mass is 10.1. The Morgan fingerprint density at radius 2 is 1.76 bits per heavy atom. The zero-order chi connectivity index (χ0) is 27.4. The van der Waals surface area contributed by atoms with Gasteiger partial charge in [0, 0.05) is 8.04 Å². The Bertz CT molecular complexity index is 1440. The highest BCUT2D eigenvalue weighted by atomic mass is 127. The average Bonchev–Trinajstić information content (AvgIpc) is 3.14. The van der Waals surface area contributed by atoms with Gasteiger partial charge in [0.25, 0.3) is 17.1 Å². The lowest BCUT2D eigenvalue weighted by Gasteiger charge is -2.13. The molecule has 1 heterocycles. The number of amides is 3. The van der Waals surface area contributed by atoms with Crippen molar-refractivity contribution in [1.29, 1.82) is 0 Å². The number of thioether (sulfide) groups is 1. The van der Waals surface area contributed by atoms with E-state index in [4.69, 9.17) is 9.47 Å². The normalized spacial score (nSPS) is 14.2. The number of nitrogens with zero attached hydrogens (tertiary/aromatic N) is 1. The smallest absolute Gasteiger partial charge is 0.293 e. The van der Waals surface area contributed by atoms with Crippen molar-refractivity contribution >= 4 is 79.1 Å². The summed E-state index contributed by atoms with van der Waals surface area (Å²) in [5, 5.41) is 2.53. The van der Waals surface area contributed by atoms with Crippen LogP contribution >= 0.6 is 50.3 Å². The van der Waals surface area contributed by atoms with E-state index in [0.717, 1.165) is 36.5 Å². The van der Waals surface area contributed by atoms with Crippen LogP contribution in [0.4, 0.5) is 10.5 Å². The molecule has 3 aromatic rings. The monoisotopic (exact) mass is 706 g/mol. The van der Waals surface area contributed by atoms with Gasteiger partial charge in [-0.15, -0.1) is 0 Å². The van der Waals surface area contributed by atoms with Gasteiger partial charge in [-0.1, -0.05) is 18.2 Å². The third kappa shape index (κ3) is 6.78. The van der Waals surface area contributed by atoms with Gasteiger partial charge >= 0.3 is 0 Å². The van der Waals surface area contributed by atoms with Crippen LogP contribution in [0.25, 0.3) is 6.08 Å². The van der Waals surface area contributed by atoms with E-state index in [0.29, 0.717) is 27.7 Å². The van der Waals surface area contributed by atoms with Crippen molar-refractivity contribution in [2.24, 2.45) is 0 Å². The topological polar surface area (TPSA) is 84.9 Å². The van der Waals surface area contributed by atoms with Crippen LogP contribution in [-0.4, -0.2) is 35.7 Å². The number of halogens is 2. The van der Waals surface area contributed by atoms with E-state index < -0.39 is 0 Å². The Kier molecular flexibility index (Phi) is 9.16. The quantitative estimate of drug-likeness (QED) is 0.202. The Morgan fingerprint density at radius 3 is 2.47 bits per heavy atom. The van der Waals surface area contributed by atoms with Crippen LogP contribution in [0.5, 0.6) is 11.5 Å². The van der Waals surface area contributed by atoms with Gasteiger partial charge in [0.2, 0.25) is 0 Å². The van der Waals surface area contributed by atoms with Crippen molar-refractivity contribution in [2.75, 3.05) is 19.0 Å². The summed E-state index contributed by atoms with van der Waals surface area (Å²) in [5.74, 6) is 0.122. The maximum Gasteiger partial charge on any atom is 0.293 e. The third-order valence-corrected chi connectivity index (χ3v) is 8.11. The van der Waals surface area contributed by atoms with Crippen molar-refractivity contribution in [2.45, 2.75) is 20.4 Å². The van der Waals surface area contributed by atoms with Crippen LogP contribution in [-0.2, 0) is 16.1 Å². The summed E-state index contributed by atoms with van der Waals surface area (Å²) in [7, 11) is 1.49. The number of aryl methyl sites for hydroxylation is 2. The molecule has 0 bridgehead atoms. The van der Waals surface area contributed by atoms with E-state index >= 15 is 0 Å². The molecule has 0 aliphatic carbocycles. The lowest BCUT2D eigenvalue weighted by molar-refractivity contribution is -0.123. The molecule has 1 aliphatic heterocycles. The summed E-state index contributed by atoms with van der Waals surface area (Å²) >= 11 is 6.58. The summed E-state index contributed by atoms with van der Waals surface area (Å²) in [6.45, 7) is 3.98. The van der Waals surface area contributed by atoms with Crippen LogP contribution in [0.15, 0.2) is 64.0 Å². The molecule has 4 rings (SSSR count). The molecule has 1 fully saturated rings. The molecule has 0 atom stereocenters. The highest BCUT2D eigenvalue weighted by molar-refractivity contribution is 14.1. The van der Waals surface area contributed by atoms with Gasteiger partial charge in [0.15, 0.2) is 18.1 Å². The molecule has 38 heavy (non-hydrogen) atoms. The summed E-state index contributed by atoms with van der Waals surface area (Å²) in [5.41, 5.74) is 4.39. The Hall–Kier alpha value is -2.83. The number of imide groups is 1. The molecular formula is C28H24BrIN2O5S. The second-order valence-corrected chi connectivity index (χ2v) is 11.7. The molecule has 3 aromatic carbocycles. The molecule has 0 aromatic heterocycles. The predicted octanol–water partition coefficient (Wildman–Crippen LogP) is 6.93. The van der Waals surface area contributed by atoms with E-state index in [1.165, 1.54) is 12.0 Å². The summed E-state index contributed by atoms with van der Waals surface area (Å²) in [4.78, 5) is 39.5. The average molecular weight is 707 g/mol. The number of hydrogen-bond donors (Lipinski definition) is 1. The molecule has 1 aliphatic rings. The number of ether oxygens (including phenoxy) is 2. The molecule has 196 valence electrons. The molecule has 3 amide bonds. The second-order valence-electron chi connectivity index (χ2n) is 8.56.